The second-order valence-electron chi connectivity index (χ2n) is 6.88. The van der Waals surface area contributed by atoms with Crippen LogP contribution in [0.2, 0.25) is 5.02 Å². The normalized spacial score (nSPS) is 10.9. The number of para-hydroxylation sites is 1. The highest BCUT2D eigenvalue weighted by Crippen LogP contribution is 2.38. The van der Waals surface area contributed by atoms with Gasteiger partial charge in [0.2, 0.25) is 0 Å². The lowest BCUT2D eigenvalue weighted by atomic mass is 10.1. The van der Waals surface area contributed by atoms with Gasteiger partial charge in [-0.25, -0.2) is 0 Å². The van der Waals surface area contributed by atoms with E-state index in [2.05, 4.69) is 10.5 Å². The van der Waals surface area contributed by atoms with Gasteiger partial charge in [0.1, 0.15) is 24.0 Å². The molecule has 0 spiro atoms. The van der Waals surface area contributed by atoms with E-state index >= 15 is 0 Å². The van der Waals surface area contributed by atoms with E-state index in [1.54, 1.807) is 38.1 Å². The van der Waals surface area contributed by atoms with Crippen LogP contribution in [0, 0.1) is 28.4 Å². The van der Waals surface area contributed by atoms with Crippen LogP contribution in [-0.2, 0) is 11.4 Å². The standard InChI is InChI=1S/C23H19ClN4O6/c1-3-32-20-11-15(9-17(12-25)23(29)26-21-8-14(2)34-27-21)10-18(24)22(20)33-13-16-6-4-5-7-19(16)28(30)31/h4-11H,3,13H2,1-2H3,(H,26,27,29)/b17-9-. The number of carbonyl (C=O) groups excluding carboxylic acids is 1. The molecule has 1 heterocycles. The van der Waals surface area contributed by atoms with Crippen LogP contribution in [0.15, 0.2) is 52.6 Å². The van der Waals surface area contributed by atoms with E-state index < -0.39 is 10.8 Å². The van der Waals surface area contributed by atoms with Crippen LogP contribution in [0.25, 0.3) is 6.08 Å². The number of nitriles is 1. The number of aromatic nitrogens is 1. The van der Waals surface area contributed by atoms with Gasteiger partial charge in [0.15, 0.2) is 17.3 Å². The van der Waals surface area contributed by atoms with E-state index in [0.29, 0.717) is 16.9 Å². The van der Waals surface area contributed by atoms with Gasteiger partial charge >= 0.3 is 0 Å². The Labute approximate surface area is 199 Å². The van der Waals surface area contributed by atoms with Crippen molar-refractivity contribution in [3.05, 3.63) is 80.1 Å². The van der Waals surface area contributed by atoms with Gasteiger partial charge < -0.3 is 19.3 Å². The molecule has 0 unspecified atom stereocenters. The van der Waals surface area contributed by atoms with Crippen LogP contribution in [0.1, 0.15) is 23.8 Å². The van der Waals surface area contributed by atoms with Crippen molar-refractivity contribution in [1.82, 2.24) is 5.16 Å². The average molecular weight is 483 g/mol. The molecule has 10 nitrogen and oxygen atoms in total. The summed E-state index contributed by atoms with van der Waals surface area (Å²) in [6.45, 7) is 3.59. The van der Waals surface area contributed by atoms with Gasteiger partial charge in [0, 0.05) is 12.1 Å². The van der Waals surface area contributed by atoms with Crippen molar-refractivity contribution in [2.45, 2.75) is 20.5 Å². The number of amides is 1. The molecule has 2 aromatic carbocycles. The molecule has 3 aromatic rings. The number of nitrogens with one attached hydrogen (secondary N) is 1. The molecule has 0 atom stereocenters. The molecule has 0 bridgehead atoms. The van der Waals surface area contributed by atoms with Crippen molar-refractivity contribution in [3.63, 3.8) is 0 Å². The lowest BCUT2D eigenvalue weighted by molar-refractivity contribution is -0.385. The summed E-state index contributed by atoms with van der Waals surface area (Å²) >= 11 is 6.40. The summed E-state index contributed by atoms with van der Waals surface area (Å²) in [5.74, 6) is 0.434. The summed E-state index contributed by atoms with van der Waals surface area (Å²) in [6.07, 6.45) is 1.34. The third kappa shape index (κ3) is 5.90. The van der Waals surface area contributed by atoms with Crippen LogP contribution in [0.5, 0.6) is 11.5 Å². The van der Waals surface area contributed by atoms with Gasteiger partial charge in [-0.05, 0) is 43.7 Å². The fourth-order valence-electron chi connectivity index (χ4n) is 2.96. The second-order valence-corrected chi connectivity index (χ2v) is 7.29. The first-order chi connectivity index (χ1) is 16.3. The number of ether oxygens (including phenoxy) is 2. The van der Waals surface area contributed by atoms with Gasteiger partial charge in [-0.3, -0.25) is 14.9 Å². The molecular weight excluding hydrogens is 464 g/mol. The van der Waals surface area contributed by atoms with Crippen LogP contribution in [0.3, 0.4) is 0 Å². The first kappa shape index (κ1) is 24.3. The predicted molar refractivity (Wildman–Crippen MR) is 124 cm³/mol. The van der Waals surface area contributed by atoms with E-state index in [0.717, 1.165) is 0 Å². The zero-order chi connectivity index (χ0) is 24.7. The third-order valence-corrected chi connectivity index (χ3v) is 4.72. The highest BCUT2D eigenvalue weighted by atomic mass is 35.5. The maximum Gasteiger partial charge on any atom is 0.276 e. The van der Waals surface area contributed by atoms with Crippen molar-refractivity contribution in [1.29, 1.82) is 5.26 Å². The number of rotatable bonds is 9. The van der Waals surface area contributed by atoms with E-state index in [1.165, 1.54) is 24.3 Å². The summed E-state index contributed by atoms with van der Waals surface area (Å²) in [7, 11) is 0. The van der Waals surface area contributed by atoms with Crippen LogP contribution in [0.4, 0.5) is 11.5 Å². The number of anilines is 1. The molecule has 0 aliphatic carbocycles. The van der Waals surface area contributed by atoms with Crippen LogP contribution < -0.4 is 14.8 Å². The molecule has 174 valence electrons. The SMILES string of the molecule is CCOc1cc(/C=C(/C#N)C(=O)Nc2cc(C)on2)cc(Cl)c1OCc1ccccc1[N+](=O)[O-]. The molecule has 1 amide bonds. The van der Waals surface area contributed by atoms with Gasteiger partial charge in [-0.2, -0.15) is 5.26 Å². The number of benzene rings is 2. The van der Waals surface area contributed by atoms with E-state index in [9.17, 15) is 20.2 Å². The Morgan fingerprint density at radius 1 is 1.32 bits per heavy atom. The number of hydrogen-bond donors (Lipinski definition) is 1. The van der Waals surface area contributed by atoms with Crippen molar-refractivity contribution >= 4 is 35.1 Å². The number of halogens is 1. The molecule has 1 aromatic heterocycles. The Kier molecular flexibility index (Phi) is 7.84. The number of nitrogens with zero attached hydrogens (tertiary/aromatic N) is 3. The predicted octanol–water partition coefficient (Wildman–Crippen LogP) is 5.07. The van der Waals surface area contributed by atoms with Gasteiger partial charge in [-0.1, -0.05) is 28.9 Å². The molecule has 0 saturated heterocycles. The number of hydrogen-bond acceptors (Lipinski definition) is 8. The lowest BCUT2D eigenvalue weighted by Crippen LogP contribution is -2.13. The molecular formula is C23H19ClN4O6. The number of aryl methyl sites for hydroxylation is 1. The molecule has 34 heavy (non-hydrogen) atoms. The zero-order valence-corrected chi connectivity index (χ0v) is 19.0. The molecule has 0 radical (unpaired) electrons. The van der Waals surface area contributed by atoms with E-state index in [4.69, 9.17) is 25.6 Å². The highest BCUT2D eigenvalue weighted by Gasteiger charge is 2.18. The van der Waals surface area contributed by atoms with Crippen LogP contribution >= 0.6 is 11.6 Å². The van der Waals surface area contributed by atoms with Gasteiger partial charge in [-0.15, -0.1) is 0 Å². The topological polar surface area (TPSA) is 141 Å². The minimum absolute atomic E-state index is 0.0804. The summed E-state index contributed by atoms with van der Waals surface area (Å²) in [5, 5.41) is 27.0. The smallest absolute Gasteiger partial charge is 0.276 e. The molecule has 0 aliphatic heterocycles. The summed E-state index contributed by atoms with van der Waals surface area (Å²) in [4.78, 5) is 23.2. The second kappa shape index (κ2) is 11.0. The monoisotopic (exact) mass is 482 g/mol. The Morgan fingerprint density at radius 3 is 2.74 bits per heavy atom. The Balaban J connectivity index is 1.87. The zero-order valence-electron chi connectivity index (χ0n) is 18.2. The summed E-state index contributed by atoms with van der Waals surface area (Å²) in [6, 6.07) is 12.6. The maximum absolute atomic E-state index is 12.4. The Hall–Kier alpha value is -4.36. The minimum atomic E-state index is -0.679. The molecule has 1 N–H and O–H groups in total. The number of carbonyl (C=O) groups is 1. The molecule has 3 rings (SSSR count). The molecule has 0 fully saturated rings. The van der Waals surface area contributed by atoms with Gasteiger partial charge in [0.25, 0.3) is 11.6 Å². The Morgan fingerprint density at radius 2 is 2.09 bits per heavy atom. The third-order valence-electron chi connectivity index (χ3n) is 4.44. The first-order valence-corrected chi connectivity index (χ1v) is 10.4. The minimum Gasteiger partial charge on any atom is -0.490 e. The van der Waals surface area contributed by atoms with Gasteiger partial charge in [0.05, 0.1) is 22.1 Å². The number of nitro groups is 1. The summed E-state index contributed by atoms with van der Waals surface area (Å²) < 4.78 is 16.3. The fraction of sp³-hybridized carbons (Fsp3) is 0.174. The summed E-state index contributed by atoms with van der Waals surface area (Å²) in [5.41, 5.74) is 0.493. The van der Waals surface area contributed by atoms with E-state index in [-0.39, 0.29) is 46.8 Å². The number of nitro benzene ring substituents is 1. The molecule has 0 aliphatic rings. The molecule has 0 saturated carbocycles. The Bertz CT molecular complexity index is 1290. The highest BCUT2D eigenvalue weighted by molar-refractivity contribution is 6.32. The van der Waals surface area contributed by atoms with Crippen LogP contribution in [-0.4, -0.2) is 22.6 Å². The lowest BCUT2D eigenvalue weighted by Gasteiger charge is -2.15. The van der Waals surface area contributed by atoms with Crippen molar-refractivity contribution in [3.8, 4) is 17.6 Å². The average Bonchev–Trinajstić information content (AvgIpc) is 3.21. The van der Waals surface area contributed by atoms with Crippen molar-refractivity contribution in [2.24, 2.45) is 0 Å². The largest absolute Gasteiger partial charge is 0.490 e. The molecule has 11 heteroatoms. The van der Waals surface area contributed by atoms with E-state index in [1.807, 2.05) is 6.07 Å². The fourth-order valence-corrected chi connectivity index (χ4v) is 3.23. The van der Waals surface area contributed by atoms with Crippen molar-refractivity contribution < 1.29 is 23.7 Å². The quantitative estimate of drug-likeness (QED) is 0.193. The maximum atomic E-state index is 12.4. The first-order valence-electron chi connectivity index (χ1n) is 10.00. The van der Waals surface area contributed by atoms with Crippen molar-refractivity contribution in [2.75, 3.05) is 11.9 Å².